The van der Waals surface area contributed by atoms with Crippen molar-refractivity contribution in [3.63, 3.8) is 0 Å². The molecule has 1 aliphatic heterocycles. The lowest BCUT2D eigenvalue weighted by atomic mass is 10.2. The van der Waals surface area contributed by atoms with Gasteiger partial charge in [0.1, 0.15) is 19.0 Å². The largest absolute Gasteiger partial charge is 0.486 e. The van der Waals surface area contributed by atoms with Gasteiger partial charge in [0, 0.05) is 16.8 Å². The van der Waals surface area contributed by atoms with E-state index >= 15 is 0 Å². The van der Waals surface area contributed by atoms with E-state index in [4.69, 9.17) is 21.1 Å². The lowest BCUT2D eigenvalue weighted by Gasteiger charge is -2.18. The summed E-state index contributed by atoms with van der Waals surface area (Å²) in [5.74, 6) is 1.53. The van der Waals surface area contributed by atoms with Gasteiger partial charge in [0.2, 0.25) is 5.82 Å². The maximum Gasteiger partial charge on any atom is 0.295 e. The Morgan fingerprint density at radius 1 is 1.12 bits per heavy atom. The maximum atomic E-state index is 12.5. The molecule has 3 aromatic rings. The predicted octanol–water partition coefficient (Wildman–Crippen LogP) is 3.25. The molecule has 0 aliphatic carbocycles. The van der Waals surface area contributed by atoms with Crippen LogP contribution in [0.4, 0.5) is 5.69 Å². The zero-order valence-electron chi connectivity index (χ0n) is 13.9. The third-order valence-corrected chi connectivity index (χ3v) is 4.10. The number of rotatable bonds is 3. The second kappa shape index (κ2) is 6.68. The van der Waals surface area contributed by atoms with Gasteiger partial charge in [-0.25, -0.2) is 9.67 Å². The highest BCUT2D eigenvalue weighted by atomic mass is 35.5. The molecule has 0 radical (unpaired) electrons. The van der Waals surface area contributed by atoms with Gasteiger partial charge in [-0.2, -0.15) is 0 Å². The highest BCUT2D eigenvalue weighted by Gasteiger charge is 2.17. The molecule has 1 N–H and O–H groups in total. The number of halogens is 1. The van der Waals surface area contributed by atoms with Gasteiger partial charge >= 0.3 is 0 Å². The fourth-order valence-electron chi connectivity index (χ4n) is 2.62. The van der Waals surface area contributed by atoms with Crippen LogP contribution in [0.15, 0.2) is 42.5 Å². The number of amides is 1. The fourth-order valence-corrected chi connectivity index (χ4v) is 2.75. The van der Waals surface area contributed by atoms with Gasteiger partial charge in [0.05, 0.1) is 5.69 Å². The zero-order chi connectivity index (χ0) is 18.1. The first-order chi connectivity index (χ1) is 12.6. The Bertz CT molecular complexity index is 969. The molecule has 26 heavy (non-hydrogen) atoms. The summed E-state index contributed by atoms with van der Waals surface area (Å²) in [7, 11) is 0. The van der Waals surface area contributed by atoms with Crippen LogP contribution in [-0.2, 0) is 0 Å². The fraction of sp³-hybridized carbons (Fsp3) is 0.167. The Morgan fingerprint density at radius 2 is 1.85 bits per heavy atom. The average molecular weight is 371 g/mol. The zero-order valence-corrected chi connectivity index (χ0v) is 14.7. The molecule has 4 rings (SSSR count). The van der Waals surface area contributed by atoms with Crippen LogP contribution in [0.2, 0.25) is 5.02 Å². The van der Waals surface area contributed by atoms with Crippen molar-refractivity contribution in [2.24, 2.45) is 0 Å². The summed E-state index contributed by atoms with van der Waals surface area (Å²) >= 11 is 5.91. The lowest BCUT2D eigenvalue weighted by Crippen LogP contribution is -2.17. The lowest BCUT2D eigenvalue weighted by molar-refractivity contribution is 0.101. The summed E-state index contributed by atoms with van der Waals surface area (Å²) in [6.45, 7) is 2.78. The molecule has 0 saturated heterocycles. The van der Waals surface area contributed by atoms with Crippen LogP contribution in [-0.4, -0.2) is 33.9 Å². The summed E-state index contributed by atoms with van der Waals surface area (Å²) < 4.78 is 12.6. The van der Waals surface area contributed by atoms with Gasteiger partial charge in [0.15, 0.2) is 11.5 Å². The summed E-state index contributed by atoms with van der Waals surface area (Å²) in [5.41, 5.74) is 1.36. The average Bonchev–Trinajstić information content (AvgIpc) is 3.04. The quantitative estimate of drug-likeness (QED) is 0.765. The van der Waals surface area contributed by atoms with E-state index in [-0.39, 0.29) is 5.82 Å². The van der Waals surface area contributed by atoms with E-state index < -0.39 is 5.91 Å². The Labute approximate surface area is 154 Å². The number of aromatic nitrogens is 3. The highest BCUT2D eigenvalue weighted by Crippen LogP contribution is 2.32. The standard InChI is InChI=1S/C18H15ClN4O3/c1-11-20-17(22-23(11)14-5-2-12(19)3-6-14)18(24)21-13-4-7-15-16(10-13)26-9-8-25-15/h2-7,10H,8-9H2,1H3,(H,21,24). The molecule has 2 heterocycles. The van der Waals surface area contributed by atoms with E-state index in [1.807, 2.05) is 12.1 Å². The molecule has 0 unspecified atom stereocenters. The minimum Gasteiger partial charge on any atom is -0.486 e. The van der Waals surface area contributed by atoms with Crippen LogP contribution in [0.25, 0.3) is 5.69 Å². The summed E-state index contributed by atoms with van der Waals surface area (Å²) in [5, 5.41) is 7.69. The normalized spacial score (nSPS) is 12.7. The number of nitrogens with one attached hydrogen (secondary N) is 1. The Hall–Kier alpha value is -3.06. The van der Waals surface area contributed by atoms with Crippen LogP contribution >= 0.6 is 11.6 Å². The Kier molecular flexibility index (Phi) is 4.22. The number of fused-ring (bicyclic) bond motifs is 1. The topological polar surface area (TPSA) is 78.3 Å². The van der Waals surface area contributed by atoms with Gasteiger partial charge in [-0.3, -0.25) is 4.79 Å². The molecule has 0 atom stereocenters. The summed E-state index contributed by atoms with van der Waals surface area (Å²) in [6, 6.07) is 12.4. The number of hydrogen-bond acceptors (Lipinski definition) is 5. The van der Waals surface area contributed by atoms with Gasteiger partial charge in [-0.05, 0) is 43.3 Å². The van der Waals surface area contributed by atoms with Gasteiger partial charge < -0.3 is 14.8 Å². The molecule has 1 amide bonds. The molecule has 0 fully saturated rings. The molecule has 0 bridgehead atoms. The van der Waals surface area contributed by atoms with Crippen molar-refractivity contribution in [1.82, 2.24) is 14.8 Å². The van der Waals surface area contributed by atoms with Crippen molar-refractivity contribution in [1.29, 1.82) is 0 Å². The number of aryl methyl sites for hydroxylation is 1. The van der Waals surface area contributed by atoms with Crippen LogP contribution in [0.3, 0.4) is 0 Å². The second-order valence-electron chi connectivity index (χ2n) is 5.68. The van der Waals surface area contributed by atoms with E-state index in [9.17, 15) is 4.79 Å². The number of nitrogens with zero attached hydrogens (tertiary/aromatic N) is 3. The van der Waals surface area contributed by atoms with Crippen molar-refractivity contribution in [3.8, 4) is 17.2 Å². The second-order valence-corrected chi connectivity index (χ2v) is 6.12. The van der Waals surface area contributed by atoms with E-state index in [0.717, 1.165) is 5.69 Å². The van der Waals surface area contributed by atoms with E-state index in [1.54, 1.807) is 41.9 Å². The van der Waals surface area contributed by atoms with Crippen LogP contribution < -0.4 is 14.8 Å². The van der Waals surface area contributed by atoms with Gasteiger partial charge in [0.25, 0.3) is 5.91 Å². The van der Waals surface area contributed by atoms with Gasteiger partial charge in [-0.15, -0.1) is 5.10 Å². The summed E-state index contributed by atoms with van der Waals surface area (Å²) in [4.78, 5) is 16.7. The molecule has 7 nitrogen and oxygen atoms in total. The highest BCUT2D eigenvalue weighted by molar-refractivity contribution is 6.30. The van der Waals surface area contributed by atoms with Crippen molar-refractivity contribution < 1.29 is 14.3 Å². The monoisotopic (exact) mass is 370 g/mol. The number of carbonyl (C=O) groups excluding carboxylic acids is 1. The number of ether oxygens (including phenoxy) is 2. The van der Waals surface area contributed by atoms with Crippen LogP contribution in [0, 0.1) is 6.92 Å². The van der Waals surface area contributed by atoms with E-state index in [1.165, 1.54) is 0 Å². The first kappa shape index (κ1) is 16.4. The smallest absolute Gasteiger partial charge is 0.295 e. The molecular weight excluding hydrogens is 356 g/mol. The SMILES string of the molecule is Cc1nc(C(=O)Nc2ccc3c(c2)OCCO3)nn1-c1ccc(Cl)cc1. The van der Waals surface area contributed by atoms with Crippen molar-refractivity contribution >= 4 is 23.2 Å². The number of benzene rings is 2. The molecule has 1 aromatic heterocycles. The molecule has 2 aromatic carbocycles. The van der Waals surface area contributed by atoms with Gasteiger partial charge in [-0.1, -0.05) is 11.6 Å². The molecule has 1 aliphatic rings. The van der Waals surface area contributed by atoms with Crippen molar-refractivity contribution in [2.45, 2.75) is 6.92 Å². The molecule has 0 saturated carbocycles. The third kappa shape index (κ3) is 3.21. The van der Waals surface area contributed by atoms with E-state index in [0.29, 0.717) is 41.2 Å². The minimum atomic E-state index is -0.405. The number of carbonyl (C=O) groups is 1. The van der Waals surface area contributed by atoms with E-state index in [2.05, 4.69) is 15.4 Å². The Morgan fingerprint density at radius 3 is 2.62 bits per heavy atom. The van der Waals surface area contributed by atoms with Crippen molar-refractivity contribution in [3.05, 3.63) is 59.1 Å². The molecular formula is C18H15ClN4O3. The van der Waals surface area contributed by atoms with Crippen LogP contribution in [0.1, 0.15) is 16.4 Å². The predicted molar refractivity (Wildman–Crippen MR) is 96.5 cm³/mol. The molecule has 8 heteroatoms. The summed E-state index contributed by atoms with van der Waals surface area (Å²) in [6.07, 6.45) is 0. The maximum absolute atomic E-state index is 12.5. The minimum absolute atomic E-state index is 0.0762. The first-order valence-electron chi connectivity index (χ1n) is 8.01. The van der Waals surface area contributed by atoms with Crippen LogP contribution in [0.5, 0.6) is 11.5 Å². The molecule has 0 spiro atoms. The van der Waals surface area contributed by atoms with Crippen molar-refractivity contribution in [2.75, 3.05) is 18.5 Å². The first-order valence-corrected chi connectivity index (χ1v) is 8.38. The number of anilines is 1. The number of hydrogen-bond donors (Lipinski definition) is 1. The third-order valence-electron chi connectivity index (χ3n) is 3.84. The molecule has 132 valence electrons. The Balaban J connectivity index is 1.55.